The largest absolute Gasteiger partial charge is 0.508 e. The Labute approximate surface area is 154 Å². The highest BCUT2D eigenvalue weighted by Crippen LogP contribution is 2.32. The summed E-state index contributed by atoms with van der Waals surface area (Å²) in [5.74, 6) is -0.584. The van der Waals surface area contributed by atoms with Gasteiger partial charge in [0.25, 0.3) is 5.91 Å². The van der Waals surface area contributed by atoms with Crippen molar-refractivity contribution < 1.29 is 19.4 Å². The van der Waals surface area contributed by atoms with Gasteiger partial charge in [-0.2, -0.15) is 0 Å². The van der Waals surface area contributed by atoms with Crippen molar-refractivity contribution in [1.82, 2.24) is 0 Å². The lowest BCUT2D eigenvalue weighted by Crippen LogP contribution is -2.22. The van der Waals surface area contributed by atoms with Crippen LogP contribution in [0.25, 0.3) is 0 Å². The van der Waals surface area contributed by atoms with Crippen LogP contribution in [0.4, 0.5) is 5.69 Å². The number of carbonyl (C=O) groups excluding carboxylic acids is 2. The number of para-hydroxylation sites is 1. The Balaban J connectivity index is 2.09. The van der Waals surface area contributed by atoms with Gasteiger partial charge >= 0.3 is 5.97 Å². The van der Waals surface area contributed by atoms with Gasteiger partial charge in [-0.3, -0.25) is 4.79 Å². The molecule has 0 radical (unpaired) electrons. The molecule has 0 aliphatic rings. The Morgan fingerprint density at radius 3 is 2.12 bits per heavy atom. The van der Waals surface area contributed by atoms with Crippen LogP contribution in [-0.4, -0.2) is 23.6 Å². The van der Waals surface area contributed by atoms with Crippen LogP contribution in [0.2, 0.25) is 0 Å². The summed E-state index contributed by atoms with van der Waals surface area (Å²) in [4.78, 5) is 24.3. The summed E-state index contributed by atoms with van der Waals surface area (Å²) in [6.45, 7) is 7.88. The van der Waals surface area contributed by atoms with Crippen LogP contribution < -0.4 is 5.32 Å². The maximum atomic E-state index is 12.3. The average Bonchev–Trinajstić information content (AvgIpc) is 2.59. The van der Waals surface area contributed by atoms with Crippen molar-refractivity contribution in [2.45, 2.75) is 39.5 Å². The number of benzene rings is 2. The Bertz CT molecular complexity index is 770. The fourth-order valence-corrected chi connectivity index (χ4v) is 2.72. The molecule has 2 aromatic carbocycles. The number of phenolic OH excluding ortho intramolecular Hbond substituents is 1. The van der Waals surface area contributed by atoms with Gasteiger partial charge in [-0.15, -0.1) is 0 Å². The fraction of sp³-hybridized carbons (Fsp3) is 0.333. The Hall–Kier alpha value is -2.82. The number of carbonyl (C=O) groups is 2. The number of hydrogen-bond acceptors (Lipinski definition) is 4. The van der Waals surface area contributed by atoms with Crippen LogP contribution >= 0.6 is 0 Å². The zero-order valence-corrected chi connectivity index (χ0v) is 15.6. The summed E-state index contributed by atoms with van der Waals surface area (Å²) in [6, 6.07) is 11.8. The van der Waals surface area contributed by atoms with E-state index in [4.69, 9.17) is 4.74 Å². The first-order valence-corrected chi connectivity index (χ1v) is 8.68. The van der Waals surface area contributed by atoms with Gasteiger partial charge in [0.05, 0.1) is 5.56 Å². The van der Waals surface area contributed by atoms with E-state index < -0.39 is 18.5 Å². The van der Waals surface area contributed by atoms with Gasteiger partial charge in [-0.1, -0.05) is 52.0 Å². The molecule has 5 heteroatoms. The number of anilines is 1. The highest BCUT2D eigenvalue weighted by Gasteiger charge is 2.17. The maximum absolute atomic E-state index is 12.3. The zero-order valence-electron chi connectivity index (χ0n) is 15.6. The first kappa shape index (κ1) is 19.5. The van der Waals surface area contributed by atoms with Gasteiger partial charge in [0.1, 0.15) is 5.75 Å². The molecule has 5 nitrogen and oxygen atoms in total. The van der Waals surface area contributed by atoms with E-state index in [0.29, 0.717) is 0 Å². The molecule has 0 bridgehead atoms. The van der Waals surface area contributed by atoms with Crippen molar-refractivity contribution in [2.24, 2.45) is 0 Å². The molecule has 0 heterocycles. The zero-order chi connectivity index (χ0) is 19.3. The lowest BCUT2D eigenvalue weighted by atomic mass is 9.92. The molecular weight excluding hydrogens is 330 g/mol. The molecule has 0 spiro atoms. The molecule has 0 fully saturated rings. The van der Waals surface area contributed by atoms with Crippen LogP contribution in [-0.2, 0) is 9.53 Å². The first-order chi connectivity index (χ1) is 12.3. The van der Waals surface area contributed by atoms with E-state index in [1.54, 1.807) is 6.07 Å². The number of aromatic hydroxyl groups is 1. The average molecular weight is 355 g/mol. The topological polar surface area (TPSA) is 75.6 Å². The lowest BCUT2D eigenvalue weighted by molar-refractivity contribution is -0.119. The second kappa shape index (κ2) is 8.52. The standard InChI is InChI=1S/C21H25NO4/c1-13(2)17-9-6-10-18(14(3)4)20(17)22-19(24)12-26-21(25)15-7-5-8-16(23)11-15/h5-11,13-14,23H,12H2,1-4H3,(H,22,24). The molecule has 0 aliphatic carbocycles. The predicted octanol–water partition coefficient (Wildman–Crippen LogP) is 4.43. The van der Waals surface area contributed by atoms with Gasteiger partial charge in [-0.05, 0) is 41.2 Å². The molecular formula is C21H25NO4. The third-order valence-electron chi connectivity index (χ3n) is 4.05. The van der Waals surface area contributed by atoms with Crippen molar-refractivity contribution >= 4 is 17.6 Å². The molecule has 0 aromatic heterocycles. The van der Waals surface area contributed by atoms with Crippen molar-refractivity contribution in [1.29, 1.82) is 0 Å². The quantitative estimate of drug-likeness (QED) is 0.752. The minimum atomic E-state index is -0.655. The van der Waals surface area contributed by atoms with Crippen molar-refractivity contribution in [3.63, 3.8) is 0 Å². The molecule has 26 heavy (non-hydrogen) atoms. The van der Waals surface area contributed by atoms with Crippen LogP contribution in [0, 0.1) is 0 Å². The lowest BCUT2D eigenvalue weighted by Gasteiger charge is -2.20. The van der Waals surface area contributed by atoms with Gasteiger partial charge in [0.2, 0.25) is 0 Å². The van der Waals surface area contributed by atoms with E-state index in [1.165, 1.54) is 18.2 Å². The van der Waals surface area contributed by atoms with Crippen LogP contribution in [0.1, 0.15) is 61.0 Å². The summed E-state index contributed by atoms with van der Waals surface area (Å²) < 4.78 is 5.06. The third kappa shape index (κ3) is 4.85. The maximum Gasteiger partial charge on any atom is 0.338 e. The van der Waals surface area contributed by atoms with E-state index in [1.807, 2.05) is 18.2 Å². The summed E-state index contributed by atoms with van der Waals surface area (Å²) >= 11 is 0. The Morgan fingerprint density at radius 2 is 1.58 bits per heavy atom. The predicted molar refractivity (Wildman–Crippen MR) is 102 cm³/mol. The van der Waals surface area contributed by atoms with Crippen molar-refractivity contribution in [2.75, 3.05) is 11.9 Å². The molecule has 2 rings (SSSR count). The molecule has 2 N–H and O–H groups in total. The van der Waals surface area contributed by atoms with E-state index in [2.05, 4.69) is 33.0 Å². The molecule has 138 valence electrons. The van der Waals surface area contributed by atoms with Crippen LogP contribution in [0.3, 0.4) is 0 Å². The van der Waals surface area contributed by atoms with Crippen molar-refractivity contribution in [3.05, 3.63) is 59.2 Å². The number of phenols is 1. The number of esters is 1. The molecule has 1 amide bonds. The first-order valence-electron chi connectivity index (χ1n) is 8.68. The highest BCUT2D eigenvalue weighted by atomic mass is 16.5. The highest BCUT2D eigenvalue weighted by molar-refractivity contribution is 5.96. The van der Waals surface area contributed by atoms with Crippen LogP contribution in [0.5, 0.6) is 5.75 Å². The van der Waals surface area contributed by atoms with Gasteiger partial charge < -0.3 is 15.2 Å². The molecule has 2 aromatic rings. The SMILES string of the molecule is CC(C)c1cccc(C(C)C)c1NC(=O)COC(=O)c1cccc(O)c1. The minimum Gasteiger partial charge on any atom is -0.508 e. The number of amides is 1. The monoisotopic (exact) mass is 355 g/mol. The van der Waals surface area contributed by atoms with E-state index in [0.717, 1.165) is 16.8 Å². The number of hydrogen-bond donors (Lipinski definition) is 2. The number of ether oxygens (including phenoxy) is 1. The third-order valence-corrected chi connectivity index (χ3v) is 4.05. The molecule has 0 saturated heterocycles. The second-order valence-electron chi connectivity index (χ2n) is 6.80. The van der Waals surface area contributed by atoms with E-state index >= 15 is 0 Å². The fourth-order valence-electron chi connectivity index (χ4n) is 2.72. The van der Waals surface area contributed by atoms with Gasteiger partial charge in [0.15, 0.2) is 6.61 Å². The smallest absolute Gasteiger partial charge is 0.338 e. The summed E-state index contributed by atoms with van der Waals surface area (Å²) in [6.07, 6.45) is 0. The molecule has 0 aliphatic heterocycles. The molecule has 0 unspecified atom stereocenters. The van der Waals surface area contributed by atoms with Crippen LogP contribution in [0.15, 0.2) is 42.5 Å². The summed E-state index contributed by atoms with van der Waals surface area (Å²) in [7, 11) is 0. The van der Waals surface area contributed by atoms with Gasteiger partial charge in [0, 0.05) is 5.69 Å². The Morgan fingerprint density at radius 1 is 1.00 bits per heavy atom. The second-order valence-corrected chi connectivity index (χ2v) is 6.80. The van der Waals surface area contributed by atoms with Crippen molar-refractivity contribution in [3.8, 4) is 5.75 Å². The van der Waals surface area contributed by atoms with E-state index in [9.17, 15) is 14.7 Å². The molecule has 0 saturated carbocycles. The number of rotatable bonds is 6. The summed E-state index contributed by atoms with van der Waals surface area (Å²) in [5.41, 5.74) is 3.08. The summed E-state index contributed by atoms with van der Waals surface area (Å²) in [5, 5.41) is 12.3. The minimum absolute atomic E-state index is 0.0312. The molecule has 0 atom stereocenters. The number of nitrogens with one attached hydrogen (secondary N) is 1. The Kier molecular flexibility index (Phi) is 6.39. The van der Waals surface area contributed by atoms with E-state index in [-0.39, 0.29) is 23.1 Å². The normalized spacial score (nSPS) is 10.8. The van der Waals surface area contributed by atoms with Gasteiger partial charge in [-0.25, -0.2) is 4.79 Å².